The summed E-state index contributed by atoms with van der Waals surface area (Å²) in [6, 6.07) is 55.0. The van der Waals surface area contributed by atoms with E-state index in [-0.39, 0.29) is 0 Å². The molecule has 0 fully saturated rings. The molecule has 6 aromatic carbocycles. The van der Waals surface area contributed by atoms with Crippen molar-refractivity contribution in [2.24, 2.45) is 0 Å². The van der Waals surface area contributed by atoms with E-state index >= 15 is 0 Å². The van der Waals surface area contributed by atoms with Gasteiger partial charge in [0.25, 0.3) is 0 Å². The summed E-state index contributed by atoms with van der Waals surface area (Å²) in [4.78, 5) is 0. The molecule has 0 radical (unpaired) electrons. The average Bonchev–Trinajstić information content (AvgIpc) is 3.79. The fourth-order valence-electron chi connectivity index (χ4n) is 7.92. The molecule has 1 atom stereocenters. The molecule has 10 rings (SSSR count). The van der Waals surface area contributed by atoms with E-state index in [1.165, 1.54) is 66.5 Å². The first kappa shape index (κ1) is 23.0. The predicted octanol–water partition coefficient (Wildman–Crippen LogP) is 10.4. The van der Waals surface area contributed by atoms with Crippen LogP contribution in [0.1, 0.15) is 22.5 Å². The van der Waals surface area contributed by atoms with E-state index in [1.54, 1.807) is 0 Å². The van der Waals surface area contributed by atoms with E-state index in [1.807, 2.05) is 0 Å². The minimum Gasteiger partial charge on any atom is -0.459 e. The van der Waals surface area contributed by atoms with Gasteiger partial charge in [-0.2, -0.15) is 0 Å². The number of furan rings is 1. The molecule has 2 heterocycles. The number of hydrogen-bond donors (Lipinski definition) is 0. The van der Waals surface area contributed by atoms with E-state index in [9.17, 15) is 0 Å². The Labute approximate surface area is 249 Å². The normalized spacial score (nSPS) is 16.0. The molecule has 0 aliphatic heterocycles. The molecule has 2 aliphatic carbocycles. The number of nitrogens with zero attached hydrogens (tertiary/aromatic N) is 1. The summed E-state index contributed by atoms with van der Waals surface area (Å²) in [7, 11) is 0. The van der Waals surface area contributed by atoms with Gasteiger partial charge in [-0.15, -0.1) is 0 Å². The van der Waals surface area contributed by atoms with Crippen molar-refractivity contribution in [1.29, 1.82) is 0 Å². The third-order valence-electron chi connectivity index (χ3n) is 9.60. The van der Waals surface area contributed by atoms with E-state index in [4.69, 9.17) is 4.42 Å². The lowest BCUT2D eigenvalue weighted by Crippen LogP contribution is -2.25. The Morgan fingerprint density at radius 2 is 1.19 bits per heavy atom. The largest absolute Gasteiger partial charge is 0.459 e. The molecule has 0 bridgehead atoms. The van der Waals surface area contributed by atoms with Gasteiger partial charge >= 0.3 is 0 Å². The van der Waals surface area contributed by atoms with Crippen LogP contribution in [0.5, 0.6) is 0 Å². The third-order valence-corrected chi connectivity index (χ3v) is 9.60. The molecule has 0 saturated heterocycles. The van der Waals surface area contributed by atoms with Crippen LogP contribution < -0.4 is 0 Å². The summed E-state index contributed by atoms with van der Waals surface area (Å²) >= 11 is 0. The maximum Gasteiger partial charge on any atom is 0.135 e. The van der Waals surface area contributed by atoms with Crippen LogP contribution in [0.3, 0.4) is 0 Å². The molecule has 2 aromatic heterocycles. The van der Waals surface area contributed by atoms with Gasteiger partial charge in [-0.05, 0) is 75.3 Å². The maximum atomic E-state index is 6.93. The van der Waals surface area contributed by atoms with Crippen LogP contribution in [0.4, 0.5) is 0 Å². The molecule has 2 heteroatoms. The number of benzene rings is 6. The summed E-state index contributed by atoms with van der Waals surface area (Å²) in [6.45, 7) is 0. The van der Waals surface area contributed by atoms with E-state index in [0.717, 1.165) is 17.0 Å². The topological polar surface area (TPSA) is 18.1 Å². The Kier molecular flexibility index (Phi) is 4.41. The summed E-state index contributed by atoms with van der Waals surface area (Å²) in [5.74, 6) is 1.03. The van der Waals surface area contributed by atoms with Crippen LogP contribution in [0.2, 0.25) is 0 Å². The first-order valence-electron chi connectivity index (χ1n) is 14.9. The second-order valence-corrected chi connectivity index (χ2v) is 11.7. The number of rotatable bonds is 2. The Bertz CT molecular complexity index is 2410. The fourth-order valence-corrected chi connectivity index (χ4v) is 7.92. The van der Waals surface area contributed by atoms with Gasteiger partial charge in [-0.25, -0.2) is 0 Å². The average molecular weight is 548 g/mol. The zero-order chi connectivity index (χ0) is 28.1. The minimum atomic E-state index is -0.531. The summed E-state index contributed by atoms with van der Waals surface area (Å²) in [5.41, 5.74) is 14.0. The van der Waals surface area contributed by atoms with Crippen molar-refractivity contribution in [2.75, 3.05) is 0 Å². The van der Waals surface area contributed by atoms with Gasteiger partial charge in [0, 0.05) is 22.0 Å². The molecule has 1 unspecified atom stereocenters. The minimum absolute atomic E-state index is 0.531. The van der Waals surface area contributed by atoms with Gasteiger partial charge < -0.3 is 8.98 Å². The number of hydrogen-bond acceptors (Lipinski definition) is 1. The molecule has 200 valence electrons. The highest BCUT2D eigenvalue weighted by atomic mass is 16.3. The summed E-state index contributed by atoms with van der Waals surface area (Å²) in [5, 5.41) is 2.40. The van der Waals surface area contributed by atoms with Crippen molar-refractivity contribution >= 4 is 21.9 Å². The van der Waals surface area contributed by atoms with Crippen LogP contribution in [0, 0.1) is 0 Å². The lowest BCUT2D eigenvalue weighted by Gasteiger charge is -2.28. The van der Waals surface area contributed by atoms with Crippen molar-refractivity contribution in [3.63, 3.8) is 0 Å². The molecule has 2 aliphatic rings. The van der Waals surface area contributed by atoms with Gasteiger partial charge in [0.2, 0.25) is 0 Å². The van der Waals surface area contributed by atoms with Crippen molar-refractivity contribution in [3.05, 3.63) is 174 Å². The summed E-state index contributed by atoms with van der Waals surface area (Å²) < 4.78 is 9.32. The highest BCUT2D eigenvalue weighted by Gasteiger charge is 2.55. The van der Waals surface area contributed by atoms with Gasteiger partial charge in [-0.1, -0.05) is 115 Å². The predicted molar refractivity (Wildman–Crippen MR) is 175 cm³/mol. The van der Waals surface area contributed by atoms with E-state index < -0.39 is 5.41 Å². The smallest absolute Gasteiger partial charge is 0.135 e. The van der Waals surface area contributed by atoms with Crippen molar-refractivity contribution in [2.45, 2.75) is 5.41 Å². The Balaban J connectivity index is 1.32. The van der Waals surface area contributed by atoms with Crippen molar-refractivity contribution in [3.8, 4) is 39.2 Å². The van der Waals surface area contributed by atoms with Crippen LogP contribution in [0.25, 0.3) is 61.1 Å². The monoisotopic (exact) mass is 547 g/mol. The summed E-state index contributed by atoms with van der Waals surface area (Å²) in [6.07, 6.45) is 0. The van der Waals surface area contributed by atoms with E-state index in [2.05, 4.69) is 156 Å². The fraction of sp³-hybridized carbons (Fsp3) is 0.0244. The van der Waals surface area contributed by atoms with Crippen LogP contribution in [-0.2, 0) is 5.41 Å². The van der Waals surface area contributed by atoms with Crippen molar-refractivity contribution < 1.29 is 4.42 Å². The highest BCUT2D eigenvalue weighted by Crippen LogP contribution is 2.64. The van der Waals surface area contributed by atoms with Crippen LogP contribution >= 0.6 is 0 Å². The first-order valence-corrected chi connectivity index (χ1v) is 14.9. The second kappa shape index (κ2) is 8.24. The van der Waals surface area contributed by atoms with Crippen molar-refractivity contribution in [1.82, 2.24) is 4.57 Å². The SMILES string of the molecule is c1ccc(-n2c(-c3ccc4c(c3)C3(c5ccccc5-4)c4ccccc4-c4c3oc3ccccc43)cc3ccccc32)cc1. The Morgan fingerprint density at radius 1 is 0.512 bits per heavy atom. The standard InChI is InChI=1S/C41H25NO/c1-2-13-28(14-3-1)42-36-20-10-4-12-26(36)25-37(42)27-22-23-30-29-15-5-8-18-33(29)41(35(30)24-27)34-19-9-6-16-31(34)39-32-17-7-11-21-38(32)43-40(39)41/h1-25H. The van der Waals surface area contributed by atoms with Crippen LogP contribution in [0.15, 0.2) is 156 Å². The molecule has 8 aromatic rings. The molecule has 0 saturated carbocycles. The maximum absolute atomic E-state index is 6.93. The Hall–Kier alpha value is -5.60. The zero-order valence-electron chi connectivity index (χ0n) is 23.3. The van der Waals surface area contributed by atoms with Gasteiger partial charge in [-0.3, -0.25) is 0 Å². The molecule has 0 amide bonds. The lowest BCUT2D eigenvalue weighted by atomic mass is 9.73. The number of fused-ring (bicyclic) bond motifs is 13. The first-order chi connectivity index (χ1) is 21.3. The van der Waals surface area contributed by atoms with Gasteiger partial charge in [0.1, 0.15) is 16.8 Å². The highest BCUT2D eigenvalue weighted by molar-refractivity contribution is 6.04. The molecular weight excluding hydrogens is 522 g/mol. The van der Waals surface area contributed by atoms with Gasteiger partial charge in [0.05, 0.1) is 11.2 Å². The second-order valence-electron chi connectivity index (χ2n) is 11.7. The molecule has 0 N–H and O–H groups in total. The Morgan fingerprint density at radius 3 is 2.07 bits per heavy atom. The molecule has 2 nitrogen and oxygen atoms in total. The zero-order valence-corrected chi connectivity index (χ0v) is 23.3. The number of para-hydroxylation sites is 3. The molecule has 43 heavy (non-hydrogen) atoms. The number of aromatic nitrogens is 1. The van der Waals surface area contributed by atoms with Gasteiger partial charge in [0.15, 0.2) is 0 Å². The molecule has 1 spiro atoms. The lowest BCUT2D eigenvalue weighted by molar-refractivity contribution is 0.507. The van der Waals surface area contributed by atoms with Crippen LogP contribution in [-0.4, -0.2) is 4.57 Å². The third kappa shape index (κ3) is 2.83. The van der Waals surface area contributed by atoms with E-state index in [0.29, 0.717) is 0 Å². The quantitative estimate of drug-likeness (QED) is 0.211. The molecular formula is C41H25NO.